The number of amides is 2. The summed E-state index contributed by atoms with van der Waals surface area (Å²) >= 11 is 0. The maximum absolute atomic E-state index is 12.7. The zero-order chi connectivity index (χ0) is 23.1. The fourth-order valence-electron chi connectivity index (χ4n) is 2.95. The Balaban J connectivity index is 2.06. The second kappa shape index (κ2) is 10.6. The fraction of sp³-hybridized carbons (Fsp3) is 0.375. The maximum Gasteiger partial charge on any atom is 0.329 e. The smallest absolute Gasteiger partial charge is 0.329 e. The van der Waals surface area contributed by atoms with E-state index >= 15 is 0 Å². The van der Waals surface area contributed by atoms with Gasteiger partial charge in [-0.3, -0.25) is 9.59 Å². The number of hydrogen-bond donors (Lipinski definition) is 2. The number of hydrogen-bond acceptors (Lipinski definition) is 5. The van der Waals surface area contributed by atoms with Gasteiger partial charge in [-0.25, -0.2) is 4.79 Å². The molecule has 2 atom stereocenters. The highest BCUT2D eigenvalue weighted by Crippen LogP contribution is 2.19. The molecule has 0 spiro atoms. The van der Waals surface area contributed by atoms with Crippen LogP contribution in [0.25, 0.3) is 0 Å². The Kier molecular flexibility index (Phi) is 8.19. The number of aryl methyl sites for hydroxylation is 2. The number of rotatable bonds is 8. The number of benzene rings is 2. The molecule has 2 aromatic rings. The summed E-state index contributed by atoms with van der Waals surface area (Å²) in [7, 11) is 1.47. The molecular formula is C24H30N2O5. The minimum Gasteiger partial charge on any atom is -0.496 e. The largest absolute Gasteiger partial charge is 0.496 e. The number of esters is 1. The third kappa shape index (κ3) is 6.31. The van der Waals surface area contributed by atoms with E-state index < -0.39 is 29.9 Å². The van der Waals surface area contributed by atoms with Gasteiger partial charge in [0.25, 0.3) is 11.8 Å². The molecule has 0 unspecified atom stereocenters. The predicted molar refractivity (Wildman–Crippen MR) is 119 cm³/mol. The van der Waals surface area contributed by atoms with Gasteiger partial charge in [0, 0.05) is 5.69 Å². The van der Waals surface area contributed by atoms with E-state index in [0.29, 0.717) is 17.0 Å². The Morgan fingerprint density at radius 1 is 0.968 bits per heavy atom. The summed E-state index contributed by atoms with van der Waals surface area (Å²) in [5.41, 5.74) is 2.88. The van der Waals surface area contributed by atoms with Gasteiger partial charge in [0.1, 0.15) is 11.8 Å². The molecule has 2 rings (SSSR count). The van der Waals surface area contributed by atoms with Gasteiger partial charge in [-0.2, -0.15) is 0 Å². The summed E-state index contributed by atoms with van der Waals surface area (Å²) < 4.78 is 10.6. The third-order valence-electron chi connectivity index (χ3n) is 4.87. The lowest BCUT2D eigenvalue weighted by molar-refractivity contribution is -0.156. The van der Waals surface area contributed by atoms with Crippen molar-refractivity contribution in [2.75, 3.05) is 12.4 Å². The summed E-state index contributed by atoms with van der Waals surface area (Å²) in [6.45, 7) is 8.88. The number of methoxy groups -OCH3 is 1. The average Bonchev–Trinajstić information content (AvgIpc) is 2.73. The van der Waals surface area contributed by atoms with Crippen molar-refractivity contribution in [1.29, 1.82) is 0 Å². The number of ether oxygens (including phenoxy) is 2. The minimum atomic E-state index is -1.03. The van der Waals surface area contributed by atoms with Crippen LogP contribution in [0.3, 0.4) is 0 Å². The van der Waals surface area contributed by atoms with Gasteiger partial charge in [0.05, 0.1) is 12.7 Å². The quantitative estimate of drug-likeness (QED) is 0.629. The molecule has 0 aliphatic carbocycles. The molecule has 2 aromatic carbocycles. The molecule has 7 nitrogen and oxygen atoms in total. The topological polar surface area (TPSA) is 93.7 Å². The zero-order valence-corrected chi connectivity index (χ0v) is 18.8. The molecule has 0 saturated carbocycles. The number of nitrogens with one attached hydrogen (secondary N) is 2. The second-order valence-corrected chi connectivity index (χ2v) is 7.78. The Hall–Kier alpha value is -3.35. The van der Waals surface area contributed by atoms with E-state index in [9.17, 15) is 14.4 Å². The Bertz CT molecular complexity index is 955. The van der Waals surface area contributed by atoms with Gasteiger partial charge in [-0.05, 0) is 56.0 Å². The number of para-hydroxylation sites is 1. The van der Waals surface area contributed by atoms with Crippen LogP contribution in [0.5, 0.6) is 5.75 Å². The summed E-state index contributed by atoms with van der Waals surface area (Å²) in [5, 5.41) is 5.48. The van der Waals surface area contributed by atoms with Crippen LogP contribution in [0.4, 0.5) is 5.69 Å². The highest BCUT2D eigenvalue weighted by molar-refractivity contribution is 6.00. The lowest BCUT2D eigenvalue weighted by Gasteiger charge is -2.23. The lowest BCUT2D eigenvalue weighted by atomic mass is 10.0. The van der Waals surface area contributed by atoms with Gasteiger partial charge < -0.3 is 20.1 Å². The molecule has 0 heterocycles. The first-order valence-electron chi connectivity index (χ1n) is 10.2. The van der Waals surface area contributed by atoms with E-state index in [1.165, 1.54) is 14.0 Å². The molecule has 0 radical (unpaired) electrons. The lowest BCUT2D eigenvalue weighted by Crippen LogP contribution is -2.47. The van der Waals surface area contributed by atoms with Crippen LogP contribution in [0.2, 0.25) is 0 Å². The van der Waals surface area contributed by atoms with Crippen molar-refractivity contribution in [3.05, 3.63) is 59.2 Å². The second-order valence-electron chi connectivity index (χ2n) is 7.78. The van der Waals surface area contributed by atoms with Crippen molar-refractivity contribution in [3.8, 4) is 5.75 Å². The Labute approximate surface area is 183 Å². The van der Waals surface area contributed by atoms with Crippen LogP contribution in [-0.4, -0.2) is 37.0 Å². The molecule has 0 saturated heterocycles. The van der Waals surface area contributed by atoms with Crippen molar-refractivity contribution < 1.29 is 23.9 Å². The number of carbonyl (C=O) groups is 3. The molecule has 0 fully saturated rings. The van der Waals surface area contributed by atoms with Crippen LogP contribution in [0.1, 0.15) is 42.3 Å². The van der Waals surface area contributed by atoms with Crippen LogP contribution < -0.4 is 15.4 Å². The summed E-state index contributed by atoms with van der Waals surface area (Å²) in [6, 6.07) is 11.5. The Morgan fingerprint density at radius 2 is 1.65 bits per heavy atom. The number of carbonyl (C=O) groups excluding carboxylic acids is 3. The van der Waals surface area contributed by atoms with Gasteiger partial charge in [-0.1, -0.05) is 38.1 Å². The minimum absolute atomic E-state index is 0.250. The number of anilines is 1. The van der Waals surface area contributed by atoms with Crippen molar-refractivity contribution in [3.63, 3.8) is 0 Å². The van der Waals surface area contributed by atoms with Crippen LogP contribution in [0.15, 0.2) is 42.5 Å². The molecule has 7 heteroatoms. The third-order valence-corrected chi connectivity index (χ3v) is 4.87. The highest BCUT2D eigenvalue weighted by Gasteiger charge is 2.30. The van der Waals surface area contributed by atoms with Crippen molar-refractivity contribution in [1.82, 2.24) is 5.32 Å². The van der Waals surface area contributed by atoms with Crippen LogP contribution in [0, 0.1) is 19.8 Å². The Morgan fingerprint density at radius 3 is 2.29 bits per heavy atom. The van der Waals surface area contributed by atoms with Gasteiger partial charge in [-0.15, -0.1) is 0 Å². The van der Waals surface area contributed by atoms with Gasteiger partial charge in [0.2, 0.25) is 0 Å². The van der Waals surface area contributed by atoms with Crippen LogP contribution in [-0.2, 0) is 14.3 Å². The van der Waals surface area contributed by atoms with Crippen LogP contribution >= 0.6 is 0 Å². The molecular weight excluding hydrogens is 396 g/mol. The maximum atomic E-state index is 12.7. The molecule has 2 amide bonds. The first kappa shape index (κ1) is 23.9. The molecule has 0 aliphatic rings. The summed E-state index contributed by atoms with van der Waals surface area (Å²) in [4.78, 5) is 38.0. The van der Waals surface area contributed by atoms with E-state index in [-0.39, 0.29) is 5.92 Å². The molecule has 0 bridgehead atoms. The molecule has 2 N–H and O–H groups in total. The van der Waals surface area contributed by atoms with Crippen molar-refractivity contribution in [2.45, 2.75) is 46.8 Å². The van der Waals surface area contributed by atoms with Crippen molar-refractivity contribution in [2.24, 2.45) is 5.92 Å². The average molecular weight is 427 g/mol. The molecule has 0 aliphatic heterocycles. The van der Waals surface area contributed by atoms with E-state index in [1.807, 2.05) is 32.0 Å². The zero-order valence-electron chi connectivity index (χ0n) is 18.8. The summed E-state index contributed by atoms with van der Waals surface area (Å²) in [5.74, 6) is -1.43. The van der Waals surface area contributed by atoms with E-state index in [2.05, 4.69) is 10.6 Å². The molecule has 166 valence electrons. The molecule has 0 aromatic heterocycles. The first-order chi connectivity index (χ1) is 14.6. The fourth-order valence-corrected chi connectivity index (χ4v) is 2.95. The summed E-state index contributed by atoms with van der Waals surface area (Å²) in [6.07, 6.45) is -1.03. The van der Waals surface area contributed by atoms with Crippen molar-refractivity contribution >= 4 is 23.5 Å². The highest BCUT2D eigenvalue weighted by atomic mass is 16.5. The monoisotopic (exact) mass is 426 g/mol. The van der Waals surface area contributed by atoms with E-state index in [0.717, 1.165) is 11.1 Å². The van der Waals surface area contributed by atoms with E-state index in [4.69, 9.17) is 9.47 Å². The standard InChI is InChI=1S/C24H30N2O5/c1-14(2)21(26-23(28)18-9-7-8-10-20(18)30-6)24(29)31-17(5)22(27)25-19-13-15(3)11-12-16(19)4/h7-14,17,21H,1-6H3,(H,25,27)(H,26,28)/t17-,21-/m0/s1. The molecule has 31 heavy (non-hydrogen) atoms. The predicted octanol–water partition coefficient (Wildman–Crippen LogP) is 3.64. The van der Waals surface area contributed by atoms with Gasteiger partial charge >= 0.3 is 5.97 Å². The normalized spacial score (nSPS) is 12.6. The first-order valence-corrected chi connectivity index (χ1v) is 10.2. The van der Waals surface area contributed by atoms with Gasteiger partial charge in [0.15, 0.2) is 6.10 Å². The van der Waals surface area contributed by atoms with E-state index in [1.54, 1.807) is 38.1 Å². The SMILES string of the molecule is COc1ccccc1C(=O)N[C@H](C(=O)O[C@@H](C)C(=O)Nc1cc(C)ccc1C)C(C)C.